The highest BCUT2D eigenvalue weighted by molar-refractivity contribution is 9.10. The van der Waals surface area contributed by atoms with Crippen LogP contribution in [0.15, 0.2) is 33.6 Å². The second kappa shape index (κ2) is 4.72. The van der Waals surface area contributed by atoms with Crippen LogP contribution in [0.5, 0.6) is 0 Å². The Labute approximate surface area is 98.5 Å². The van der Waals surface area contributed by atoms with Gasteiger partial charge in [0.05, 0.1) is 4.90 Å². The van der Waals surface area contributed by atoms with E-state index in [2.05, 4.69) is 20.1 Å². The molecule has 90 valence electrons. The van der Waals surface area contributed by atoms with E-state index in [9.17, 15) is 21.6 Å². The van der Waals surface area contributed by atoms with Crippen LogP contribution < -0.4 is 0 Å². The van der Waals surface area contributed by atoms with Crippen LogP contribution in [0.2, 0.25) is 0 Å². The van der Waals surface area contributed by atoms with E-state index in [1.165, 1.54) is 6.07 Å². The van der Waals surface area contributed by atoms with Crippen molar-refractivity contribution in [3.05, 3.63) is 28.7 Å². The zero-order chi connectivity index (χ0) is 12.4. The predicted molar refractivity (Wildman–Crippen MR) is 53.3 cm³/mol. The molecule has 0 bridgehead atoms. The maximum Gasteiger partial charge on any atom is 0.413 e. The van der Waals surface area contributed by atoms with Gasteiger partial charge in [0.25, 0.3) is 10.1 Å². The molecule has 3 nitrogen and oxygen atoms in total. The Morgan fingerprint density at radius 3 is 2.44 bits per heavy atom. The van der Waals surface area contributed by atoms with Gasteiger partial charge in [0.15, 0.2) is 6.61 Å². The Kier molecular flexibility index (Phi) is 3.97. The number of hydrogen-bond acceptors (Lipinski definition) is 3. The Morgan fingerprint density at radius 2 is 1.94 bits per heavy atom. The first-order valence-electron chi connectivity index (χ1n) is 3.92. The van der Waals surface area contributed by atoms with Gasteiger partial charge in [-0.15, -0.1) is 0 Å². The number of halogens is 4. The molecule has 1 aromatic carbocycles. The highest BCUT2D eigenvalue weighted by atomic mass is 79.9. The van der Waals surface area contributed by atoms with Crippen LogP contribution >= 0.6 is 15.9 Å². The van der Waals surface area contributed by atoms with E-state index < -0.39 is 22.9 Å². The molecular formula is C8H6BrF3O3S. The fourth-order valence-corrected chi connectivity index (χ4v) is 2.33. The second-order valence-electron chi connectivity index (χ2n) is 2.79. The van der Waals surface area contributed by atoms with E-state index in [4.69, 9.17) is 0 Å². The van der Waals surface area contributed by atoms with Crippen LogP contribution in [0.1, 0.15) is 0 Å². The number of alkyl halides is 3. The van der Waals surface area contributed by atoms with Gasteiger partial charge in [-0.25, -0.2) is 0 Å². The molecular weight excluding hydrogens is 313 g/mol. The van der Waals surface area contributed by atoms with Crippen molar-refractivity contribution < 1.29 is 25.8 Å². The molecule has 1 aromatic rings. The molecule has 0 spiro atoms. The zero-order valence-electron chi connectivity index (χ0n) is 7.66. The molecule has 0 saturated heterocycles. The molecule has 0 aliphatic heterocycles. The highest BCUT2D eigenvalue weighted by Gasteiger charge is 2.31. The van der Waals surface area contributed by atoms with Crippen LogP contribution in [0.25, 0.3) is 0 Å². The molecule has 0 heterocycles. The number of benzene rings is 1. The molecule has 0 unspecified atom stereocenters. The molecule has 0 fully saturated rings. The maximum absolute atomic E-state index is 11.8. The van der Waals surface area contributed by atoms with Crippen LogP contribution in [-0.2, 0) is 14.3 Å². The van der Waals surface area contributed by atoms with Gasteiger partial charge in [-0.1, -0.05) is 22.0 Å². The van der Waals surface area contributed by atoms with Crippen LogP contribution in [-0.4, -0.2) is 21.2 Å². The van der Waals surface area contributed by atoms with Gasteiger partial charge in [-0.05, 0) is 18.2 Å². The van der Waals surface area contributed by atoms with Gasteiger partial charge in [0, 0.05) is 4.47 Å². The Bertz CT molecular complexity index is 470. The van der Waals surface area contributed by atoms with Crippen LogP contribution in [0, 0.1) is 0 Å². The summed E-state index contributed by atoms with van der Waals surface area (Å²) in [5, 5.41) is 0. The normalized spacial score (nSPS) is 12.8. The van der Waals surface area contributed by atoms with E-state index in [0.717, 1.165) is 12.1 Å². The average Bonchev–Trinajstić information content (AvgIpc) is 2.14. The molecule has 0 aliphatic carbocycles. The van der Waals surface area contributed by atoms with E-state index >= 15 is 0 Å². The summed E-state index contributed by atoms with van der Waals surface area (Å²) in [5.41, 5.74) is 0. The minimum absolute atomic E-state index is 0.328. The van der Waals surface area contributed by atoms with Gasteiger partial charge in [0.2, 0.25) is 0 Å². The van der Waals surface area contributed by atoms with Gasteiger partial charge in [-0.2, -0.15) is 21.6 Å². The van der Waals surface area contributed by atoms with Gasteiger partial charge in [-0.3, -0.25) is 4.18 Å². The van der Waals surface area contributed by atoms with Crippen molar-refractivity contribution in [3.8, 4) is 0 Å². The van der Waals surface area contributed by atoms with Crippen molar-refractivity contribution in [2.75, 3.05) is 6.61 Å². The minimum Gasteiger partial charge on any atom is -0.257 e. The third-order valence-electron chi connectivity index (χ3n) is 1.46. The lowest BCUT2D eigenvalue weighted by atomic mass is 10.4. The fraction of sp³-hybridized carbons (Fsp3) is 0.250. The smallest absolute Gasteiger partial charge is 0.257 e. The summed E-state index contributed by atoms with van der Waals surface area (Å²) in [6.45, 7) is -1.83. The Morgan fingerprint density at radius 1 is 1.31 bits per heavy atom. The number of rotatable bonds is 3. The largest absolute Gasteiger partial charge is 0.413 e. The predicted octanol–water partition coefficient (Wildman–Crippen LogP) is 2.72. The summed E-state index contributed by atoms with van der Waals surface area (Å²) >= 11 is 3.00. The lowest BCUT2D eigenvalue weighted by Crippen LogP contribution is -2.20. The Balaban J connectivity index is 2.87. The zero-order valence-corrected chi connectivity index (χ0v) is 10.1. The highest BCUT2D eigenvalue weighted by Crippen LogP contribution is 2.21. The summed E-state index contributed by atoms with van der Waals surface area (Å²) in [7, 11) is -4.37. The molecule has 0 amide bonds. The summed E-state index contributed by atoms with van der Waals surface area (Å²) < 4.78 is 62.2. The van der Waals surface area contributed by atoms with E-state index in [1.807, 2.05) is 0 Å². The van der Waals surface area contributed by atoms with E-state index in [1.54, 1.807) is 6.07 Å². The summed E-state index contributed by atoms with van der Waals surface area (Å²) in [6.07, 6.45) is -4.68. The Hall–Kier alpha value is -0.600. The minimum atomic E-state index is -4.68. The topological polar surface area (TPSA) is 43.4 Å². The SMILES string of the molecule is O=S(=O)(OCC(F)(F)F)c1cccc(Br)c1. The molecule has 8 heteroatoms. The quantitative estimate of drug-likeness (QED) is 0.805. The van der Waals surface area contributed by atoms with Crippen molar-refractivity contribution in [2.24, 2.45) is 0 Å². The third-order valence-corrected chi connectivity index (χ3v) is 3.22. The summed E-state index contributed by atoms with van der Waals surface area (Å²) in [5.74, 6) is 0. The standard InChI is InChI=1S/C8H6BrF3O3S/c9-6-2-1-3-7(4-6)16(13,14)15-5-8(10,11)12/h1-4H,5H2. The van der Waals surface area contributed by atoms with E-state index in [0.29, 0.717) is 4.47 Å². The summed E-state index contributed by atoms with van der Waals surface area (Å²) in [4.78, 5) is -0.328. The second-order valence-corrected chi connectivity index (χ2v) is 5.32. The molecule has 0 atom stereocenters. The van der Waals surface area contributed by atoms with Gasteiger partial charge < -0.3 is 0 Å². The first kappa shape index (κ1) is 13.5. The molecule has 0 aromatic heterocycles. The van der Waals surface area contributed by atoms with Crippen molar-refractivity contribution in [1.29, 1.82) is 0 Å². The molecule has 16 heavy (non-hydrogen) atoms. The third kappa shape index (κ3) is 4.11. The van der Waals surface area contributed by atoms with Crippen LogP contribution in [0.3, 0.4) is 0 Å². The van der Waals surface area contributed by atoms with Crippen molar-refractivity contribution in [1.82, 2.24) is 0 Å². The molecule has 0 N–H and O–H groups in total. The van der Waals surface area contributed by atoms with Gasteiger partial charge in [0.1, 0.15) is 0 Å². The maximum atomic E-state index is 11.8. The molecule has 0 aliphatic rings. The molecule has 1 rings (SSSR count). The lowest BCUT2D eigenvalue weighted by molar-refractivity contribution is -0.152. The van der Waals surface area contributed by atoms with Gasteiger partial charge >= 0.3 is 6.18 Å². The van der Waals surface area contributed by atoms with Crippen molar-refractivity contribution in [3.63, 3.8) is 0 Å². The van der Waals surface area contributed by atoms with Crippen LogP contribution in [0.4, 0.5) is 13.2 Å². The lowest BCUT2D eigenvalue weighted by Gasteiger charge is -2.08. The number of hydrogen-bond donors (Lipinski definition) is 0. The first-order valence-corrected chi connectivity index (χ1v) is 6.12. The average molecular weight is 319 g/mol. The monoisotopic (exact) mass is 318 g/mol. The summed E-state index contributed by atoms with van der Waals surface area (Å²) in [6, 6.07) is 5.23. The molecule has 0 saturated carbocycles. The first-order chi connectivity index (χ1) is 7.21. The molecule has 0 radical (unpaired) electrons. The fourth-order valence-electron chi connectivity index (χ4n) is 0.835. The van der Waals surface area contributed by atoms with Crippen molar-refractivity contribution >= 4 is 26.0 Å². The van der Waals surface area contributed by atoms with E-state index in [-0.39, 0.29) is 4.90 Å². The van der Waals surface area contributed by atoms with Crippen molar-refractivity contribution in [2.45, 2.75) is 11.1 Å².